The van der Waals surface area contributed by atoms with Crippen LogP contribution in [-0.2, 0) is 17.6 Å². The lowest BCUT2D eigenvalue weighted by molar-refractivity contribution is -0.127. The number of aromatic nitrogens is 1. The predicted molar refractivity (Wildman–Crippen MR) is 106 cm³/mol. The SMILES string of the molecule is CN(C)C(=O)Cc1ccc2[nH]cc(CCN3C(=O)c4ccccc4C3=O)c2c1. The summed E-state index contributed by atoms with van der Waals surface area (Å²) in [5.74, 6) is -0.433. The predicted octanol–water partition coefficient (Wildman–Crippen LogP) is 2.64. The van der Waals surface area contributed by atoms with E-state index in [-0.39, 0.29) is 17.7 Å². The Kier molecular flexibility index (Phi) is 4.47. The van der Waals surface area contributed by atoms with Crippen LogP contribution in [0.5, 0.6) is 0 Å². The van der Waals surface area contributed by atoms with Gasteiger partial charge in [-0.15, -0.1) is 0 Å². The lowest BCUT2D eigenvalue weighted by atomic mass is 10.0. The maximum atomic E-state index is 12.5. The van der Waals surface area contributed by atoms with Crippen molar-refractivity contribution < 1.29 is 14.4 Å². The van der Waals surface area contributed by atoms with Crippen LogP contribution in [0.25, 0.3) is 10.9 Å². The fraction of sp³-hybridized carbons (Fsp3) is 0.227. The van der Waals surface area contributed by atoms with E-state index in [1.165, 1.54) is 4.90 Å². The zero-order valence-corrected chi connectivity index (χ0v) is 15.9. The number of rotatable bonds is 5. The number of nitrogens with one attached hydrogen (secondary N) is 1. The van der Waals surface area contributed by atoms with E-state index in [0.29, 0.717) is 30.5 Å². The van der Waals surface area contributed by atoms with Gasteiger partial charge in [0.2, 0.25) is 5.91 Å². The largest absolute Gasteiger partial charge is 0.361 e. The van der Waals surface area contributed by atoms with Crippen LogP contribution in [0.3, 0.4) is 0 Å². The Labute approximate surface area is 162 Å². The van der Waals surface area contributed by atoms with Crippen LogP contribution in [0.1, 0.15) is 31.8 Å². The average molecular weight is 375 g/mol. The van der Waals surface area contributed by atoms with Gasteiger partial charge in [0.15, 0.2) is 0 Å². The number of benzene rings is 2. The van der Waals surface area contributed by atoms with Crippen molar-refractivity contribution in [2.75, 3.05) is 20.6 Å². The topological polar surface area (TPSA) is 73.5 Å². The summed E-state index contributed by atoms with van der Waals surface area (Å²) in [7, 11) is 3.48. The highest BCUT2D eigenvalue weighted by Gasteiger charge is 2.34. The van der Waals surface area contributed by atoms with Crippen LogP contribution in [0, 0.1) is 0 Å². The number of carbonyl (C=O) groups excluding carboxylic acids is 3. The molecule has 2 aromatic carbocycles. The van der Waals surface area contributed by atoms with Crippen molar-refractivity contribution >= 4 is 28.6 Å². The molecule has 1 aliphatic heterocycles. The fourth-order valence-electron chi connectivity index (χ4n) is 3.55. The normalized spacial score (nSPS) is 13.3. The van der Waals surface area contributed by atoms with Crippen molar-refractivity contribution in [2.45, 2.75) is 12.8 Å². The summed E-state index contributed by atoms with van der Waals surface area (Å²) < 4.78 is 0. The summed E-state index contributed by atoms with van der Waals surface area (Å²) in [4.78, 5) is 43.1. The van der Waals surface area contributed by atoms with Crippen molar-refractivity contribution in [3.63, 3.8) is 0 Å². The summed E-state index contributed by atoms with van der Waals surface area (Å²) in [5, 5.41) is 1.01. The Morgan fingerprint density at radius 1 is 1.04 bits per heavy atom. The Morgan fingerprint density at radius 2 is 1.71 bits per heavy atom. The molecule has 1 N–H and O–H groups in total. The number of hydrogen-bond acceptors (Lipinski definition) is 3. The molecule has 4 rings (SSSR count). The van der Waals surface area contributed by atoms with Gasteiger partial charge in [-0.2, -0.15) is 0 Å². The summed E-state index contributed by atoms with van der Waals surface area (Å²) in [5.41, 5.74) is 3.86. The fourth-order valence-corrected chi connectivity index (χ4v) is 3.55. The minimum absolute atomic E-state index is 0.0439. The molecule has 6 nitrogen and oxygen atoms in total. The van der Waals surface area contributed by atoms with E-state index < -0.39 is 0 Å². The molecule has 28 heavy (non-hydrogen) atoms. The average Bonchev–Trinajstić information content (AvgIpc) is 3.19. The quantitative estimate of drug-likeness (QED) is 0.697. The van der Waals surface area contributed by atoms with E-state index in [9.17, 15) is 14.4 Å². The number of carbonyl (C=O) groups is 3. The van der Waals surface area contributed by atoms with Crippen molar-refractivity contribution in [3.05, 3.63) is 70.9 Å². The maximum absolute atomic E-state index is 12.5. The van der Waals surface area contributed by atoms with Gasteiger partial charge in [-0.25, -0.2) is 0 Å². The van der Waals surface area contributed by atoms with Crippen molar-refractivity contribution in [1.29, 1.82) is 0 Å². The molecule has 142 valence electrons. The molecular formula is C22H21N3O3. The zero-order chi connectivity index (χ0) is 19.8. The summed E-state index contributed by atoms with van der Waals surface area (Å²) in [6.07, 6.45) is 2.79. The lowest BCUT2D eigenvalue weighted by Crippen LogP contribution is -2.31. The van der Waals surface area contributed by atoms with E-state index in [2.05, 4.69) is 4.98 Å². The molecule has 0 spiro atoms. The van der Waals surface area contributed by atoms with Crippen molar-refractivity contribution in [2.24, 2.45) is 0 Å². The van der Waals surface area contributed by atoms with Gasteiger partial charge in [0.25, 0.3) is 11.8 Å². The monoisotopic (exact) mass is 375 g/mol. The van der Waals surface area contributed by atoms with Gasteiger partial charge in [-0.1, -0.05) is 18.2 Å². The number of H-pyrrole nitrogens is 1. The molecule has 0 aliphatic carbocycles. The summed E-state index contributed by atoms with van der Waals surface area (Å²) in [6.45, 7) is 0.320. The molecule has 0 bridgehead atoms. The molecule has 0 unspecified atom stereocenters. The van der Waals surface area contributed by atoms with Crippen LogP contribution < -0.4 is 0 Å². The van der Waals surface area contributed by atoms with E-state index in [0.717, 1.165) is 22.0 Å². The molecule has 1 aliphatic rings. The first-order chi connectivity index (χ1) is 13.5. The molecule has 3 amide bonds. The molecule has 0 atom stereocenters. The smallest absolute Gasteiger partial charge is 0.261 e. The standard InChI is InChI=1S/C22H21N3O3/c1-24(2)20(26)12-14-7-8-19-18(11-14)15(13-23-19)9-10-25-21(27)16-5-3-4-6-17(16)22(25)28/h3-8,11,13,23H,9-10,12H2,1-2H3. The molecule has 0 radical (unpaired) electrons. The number of nitrogens with zero attached hydrogens (tertiary/aromatic N) is 2. The Bertz CT molecular complexity index is 1060. The van der Waals surface area contributed by atoms with Gasteiger partial charge < -0.3 is 9.88 Å². The van der Waals surface area contributed by atoms with Gasteiger partial charge in [-0.05, 0) is 41.8 Å². The highest BCUT2D eigenvalue weighted by Crippen LogP contribution is 2.25. The first kappa shape index (κ1) is 18.0. The first-order valence-corrected chi connectivity index (χ1v) is 9.20. The highest BCUT2D eigenvalue weighted by molar-refractivity contribution is 6.21. The second kappa shape index (κ2) is 6.96. The van der Waals surface area contributed by atoms with Gasteiger partial charge in [0, 0.05) is 37.7 Å². The first-order valence-electron chi connectivity index (χ1n) is 9.20. The Hall–Kier alpha value is -3.41. The van der Waals surface area contributed by atoms with Crippen LogP contribution in [-0.4, -0.2) is 53.1 Å². The van der Waals surface area contributed by atoms with Gasteiger partial charge in [0.1, 0.15) is 0 Å². The number of imide groups is 1. The minimum atomic E-state index is -0.238. The third-order valence-corrected chi connectivity index (χ3v) is 5.17. The van der Waals surface area contributed by atoms with Gasteiger partial charge in [-0.3, -0.25) is 19.3 Å². The second-order valence-electron chi connectivity index (χ2n) is 7.22. The molecule has 0 fully saturated rings. The molecule has 2 heterocycles. The van der Waals surface area contributed by atoms with Crippen LogP contribution in [0.15, 0.2) is 48.7 Å². The second-order valence-corrected chi connectivity index (χ2v) is 7.22. The molecular weight excluding hydrogens is 354 g/mol. The molecule has 0 saturated carbocycles. The number of amides is 3. The maximum Gasteiger partial charge on any atom is 0.261 e. The number of hydrogen-bond donors (Lipinski definition) is 1. The van der Waals surface area contributed by atoms with E-state index in [4.69, 9.17) is 0 Å². The van der Waals surface area contributed by atoms with Crippen LogP contribution in [0.4, 0.5) is 0 Å². The van der Waals surface area contributed by atoms with Gasteiger partial charge in [0.05, 0.1) is 17.5 Å². The summed E-state index contributed by atoms with van der Waals surface area (Å²) in [6, 6.07) is 12.8. The molecule has 3 aromatic rings. The molecule has 0 saturated heterocycles. The van der Waals surface area contributed by atoms with Crippen LogP contribution in [0.2, 0.25) is 0 Å². The Morgan fingerprint density at radius 3 is 2.36 bits per heavy atom. The third-order valence-electron chi connectivity index (χ3n) is 5.17. The van der Waals surface area contributed by atoms with Gasteiger partial charge >= 0.3 is 0 Å². The Balaban J connectivity index is 1.53. The zero-order valence-electron chi connectivity index (χ0n) is 15.9. The lowest BCUT2D eigenvalue weighted by Gasteiger charge is -2.13. The number of aromatic amines is 1. The van der Waals surface area contributed by atoms with E-state index >= 15 is 0 Å². The van der Waals surface area contributed by atoms with E-state index in [1.807, 2.05) is 24.4 Å². The molecule has 1 aromatic heterocycles. The van der Waals surface area contributed by atoms with E-state index in [1.54, 1.807) is 43.3 Å². The summed E-state index contributed by atoms with van der Waals surface area (Å²) >= 11 is 0. The third kappa shape index (κ3) is 3.07. The number of likely N-dealkylation sites (N-methyl/N-ethyl adjacent to an activating group) is 1. The number of fused-ring (bicyclic) bond motifs is 2. The highest BCUT2D eigenvalue weighted by atomic mass is 16.2. The van der Waals surface area contributed by atoms with Crippen molar-refractivity contribution in [3.8, 4) is 0 Å². The molecule has 6 heteroatoms. The van der Waals surface area contributed by atoms with Crippen LogP contribution >= 0.6 is 0 Å². The van der Waals surface area contributed by atoms with Crippen molar-refractivity contribution in [1.82, 2.24) is 14.8 Å². The minimum Gasteiger partial charge on any atom is -0.361 e.